The van der Waals surface area contributed by atoms with Crippen molar-refractivity contribution in [2.45, 2.75) is 32.1 Å². The summed E-state index contributed by atoms with van der Waals surface area (Å²) >= 11 is 0. The topological polar surface area (TPSA) is 75.1 Å². The largest absolute Gasteiger partial charge is 0.289 e. The molecule has 1 aromatic carbocycles. The molecule has 1 heterocycles. The van der Waals surface area contributed by atoms with Crippen molar-refractivity contribution in [2.24, 2.45) is 0 Å². The lowest BCUT2D eigenvalue weighted by molar-refractivity contribution is -0.133. The summed E-state index contributed by atoms with van der Waals surface area (Å²) in [6.07, 6.45) is 6.25. The summed E-state index contributed by atoms with van der Waals surface area (Å²) in [6.45, 7) is 3.43. The first-order chi connectivity index (χ1) is 11.5. The van der Waals surface area contributed by atoms with Crippen LogP contribution in [0, 0.1) is 19.7 Å². The van der Waals surface area contributed by atoms with Gasteiger partial charge in [0.25, 0.3) is 5.91 Å². The third-order valence-corrected chi connectivity index (χ3v) is 4.62. The Labute approximate surface area is 139 Å². The molecule has 2 aromatic rings. The second kappa shape index (κ2) is 6.13. The zero-order valence-electron chi connectivity index (χ0n) is 13.5. The smallest absolute Gasteiger partial charge is 0.257 e. The number of aromatic nitrogens is 2. The van der Waals surface area contributed by atoms with Crippen LogP contribution < -0.4 is 5.48 Å². The second-order valence-corrected chi connectivity index (χ2v) is 6.01. The number of nitrogens with zero attached hydrogens (tertiary/aromatic N) is 2. The van der Waals surface area contributed by atoms with Crippen LogP contribution in [-0.4, -0.2) is 21.1 Å². The SMILES string of the molecule is Cc1ncc(C2=C[C@@](C(=O)NO)(c3cccc(F)c3C)CC2)cn1. The lowest BCUT2D eigenvalue weighted by Gasteiger charge is -2.27. The summed E-state index contributed by atoms with van der Waals surface area (Å²) in [5, 5.41) is 9.23. The highest BCUT2D eigenvalue weighted by molar-refractivity contribution is 5.94. The molecule has 3 rings (SSSR count). The van der Waals surface area contributed by atoms with E-state index in [-0.39, 0.29) is 5.82 Å². The fourth-order valence-corrected chi connectivity index (χ4v) is 3.26. The van der Waals surface area contributed by atoms with E-state index in [0.29, 0.717) is 29.8 Å². The van der Waals surface area contributed by atoms with Gasteiger partial charge in [0.15, 0.2) is 0 Å². The minimum absolute atomic E-state index is 0.377. The Hall–Kier alpha value is -2.60. The molecular weight excluding hydrogens is 309 g/mol. The fraction of sp³-hybridized carbons (Fsp3) is 0.278. The predicted molar refractivity (Wildman–Crippen MR) is 86.7 cm³/mol. The Kier molecular flexibility index (Phi) is 4.15. The van der Waals surface area contributed by atoms with Crippen LogP contribution in [-0.2, 0) is 10.2 Å². The molecule has 124 valence electrons. The Morgan fingerprint density at radius 3 is 2.67 bits per heavy atom. The van der Waals surface area contributed by atoms with Crippen LogP contribution in [0.25, 0.3) is 5.57 Å². The van der Waals surface area contributed by atoms with Crippen LogP contribution in [0.15, 0.2) is 36.7 Å². The van der Waals surface area contributed by atoms with Crippen LogP contribution in [0.1, 0.15) is 35.4 Å². The number of hydrogen-bond donors (Lipinski definition) is 2. The second-order valence-electron chi connectivity index (χ2n) is 6.01. The van der Waals surface area contributed by atoms with Gasteiger partial charge >= 0.3 is 0 Å². The average Bonchev–Trinajstić information content (AvgIpc) is 3.03. The molecule has 0 unspecified atom stereocenters. The van der Waals surface area contributed by atoms with Crippen molar-refractivity contribution in [3.05, 3.63) is 65.0 Å². The molecule has 0 fully saturated rings. The van der Waals surface area contributed by atoms with Crippen LogP contribution >= 0.6 is 0 Å². The summed E-state index contributed by atoms with van der Waals surface area (Å²) in [7, 11) is 0. The number of hydroxylamine groups is 1. The van der Waals surface area contributed by atoms with Crippen molar-refractivity contribution in [3.8, 4) is 0 Å². The molecule has 24 heavy (non-hydrogen) atoms. The number of aryl methyl sites for hydroxylation is 1. The number of hydrogen-bond acceptors (Lipinski definition) is 4. The van der Waals surface area contributed by atoms with Gasteiger partial charge < -0.3 is 0 Å². The molecule has 1 amide bonds. The van der Waals surface area contributed by atoms with Gasteiger partial charge in [0.05, 0.1) is 5.41 Å². The standard InChI is InChI=1S/C18H18FN3O2/c1-11-15(4-3-5-16(11)19)18(17(23)22-24)7-6-13(8-18)14-9-20-12(2)21-10-14/h3-5,8-10,24H,6-7H2,1-2H3,(H,22,23)/t18-/m1/s1. The average molecular weight is 327 g/mol. The summed E-state index contributed by atoms with van der Waals surface area (Å²) in [4.78, 5) is 20.8. The number of carbonyl (C=O) groups is 1. The minimum Gasteiger partial charge on any atom is -0.289 e. The van der Waals surface area contributed by atoms with Crippen LogP contribution in [0.3, 0.4) is 0 Å². The maximum atomic E-state index is 14.0. The van der Waals surface area contributed by atoms with E-state index >= 15 is 0 Å². The molecule has 0 saturated carbocycles. The van der Waals surface area contributed by atoms with Gasteiger partial charge in [0.1, 0.15) is 11.6 Å². The molecule has 0 saturated heterocycles. The quantitative estimate of drug-likeness (QED) is 0.671. The van der Waals surface area contributed by atoms with Crippen molar-refractivity contribution in [1.29, 1.82) is 0 Å². The summed E-state index contributed by atoms with van der Waals surface area (Å²) in [6, 6.07) is 4.65. The minimum atomic E-state index is -1.11. The molecule has 0 radical (unpaired) electrons. The number of rotatable bonds is 3. The van der Waals surface area contributed by atoms with E-state index in [9.17, 15) is 14.4 Å². The number of nitrogens with one attached hydrogen (secondary N) is 1. The first-order valence-electron chi connectivity index (χ1n) is 7.69. The van der Waals surface area contributed by atoms with Gasteiger partial charge in [-0.25, -0.2) is 19.8 Å². The monoisotopic (exact) mass is 327 g/mol. The summed E-state index contributed by atoms with van der Waals surface area (Å²) < 4.78 is 14.0. The Balaban J connectivity index is 2.13. The van der Waals surface area contributed by atoms with Crippen molar-refractivity contribution < 1.29 is 14.4 Å². The van der Waals surface area contributed by atoms with E-state index in [4.69, 9.17) is 0 Å². The highest BCUT2D eigenvalue weighted by Crippen LogP contribution is 2.44. The van der Waals surface area contributed by atoms with E-state index in [1.165, 1.54) is 6.07 Å². The highest BCUT2D eigenvalue weighted by Gasteiger charge is 2.43. The Bertz CT molecular complexity index is 818. The van der Waals surface area contributed by atoms with Gasteiger partial charge in [0, 0.05) is 18.0 Å². The van der Waals surface area contributed by atoms with E-state index < -0.39 is 11.3 Å². The lowest BCUT2D eigenvalue weighted by Crippen LogP contribution is -2.41. The molecule has 1 aliphatic rings. The van der Waals surface area contributed by atoms with Gasteiger partial charge in [-0.2, -0.15) is 0 Å². The molecule has 1 atom stereocenters. The molecule has 0 aliphatic heterocycles. The normalized spacial score (nSPS) is 19.9. The van der Waals surface area contributed by atoms with Crippen LogP contribution in [0.4, 0.5) is 4.39 Å². The van der Waals surface area contributed by atoms with Crippen LogP contribution in [0.5, 0.6) is 0 Å². The number of halogens is 1. The molecular formula is C18H18FN3O2. The van der Waals surface area contributed by atoms with Crippen LogP contribution in [0.2, 0.25) is 0 Å². The summed E-state index contributed by atoms with van der Waals surface area (Å²) in [5.41, 5.74) is 3.31. The first kappa shape index (κ1) is 16.3. The van der Waals surface area contributed by atoms with Gasteiger partial charge in [-0.05, 0) is 49.5 Å². The molecule has 6 heteroatoms. The number of benzene rings is 1. The first-order valence-corrected chi connectivity index (χ1v) is 7.69. The van der Waals surface area contributed by atoms with Gasteiger partial charge in [-0.3, -0.25) is 10.0 Å². The molecule has 1 aliphatic carbocycles. The fourth-order valence-electron chi connectivity index (χ4n) is 3.26. The highest BCUT2D eigenvalue weighted by atomic mass is 19.1. The molecule has 1 aromatic heterocycles. The third kappa shape index (κ3) is 2.59. The lowest BCUT2D eigenvalue weighted by atomic mass is 9.77. The van der Waals surface area contributed by atoms with Crippen molar-refractivity contribution >= 4 is 11.5 Å². The number of carbonyl (C=O) groups excluding carboxylic acids is 1. The van der Waals surface area contributed by atoms with Gasteiger partial charge in [0.2, 0.25) is 0 Å². The number of allylic oxidation sites excluding steroid dienone is 1. The van der Waals surface area contributed by atoms with Crippen molar-refractivity contribution in [2.75, 3.05) is 0 Å². The maximum Gasteiger partial charge on any atom is 0.257 e. The van der Waals surface area contributed by atoms with E-state index in [2.05, 4.69) is 9.97 Å². The zero-order chi connectivity index (χ0) is 17.3. The predicted octanol–water partition coefficient (Wildman–Crippen LogP) is 2.85. The van der Waals surface area contributed by atoms with E-state index in [1.54, 1.807) is 49.9 Å². The molecule has 0 bridgehead atoms. The third-order valence-electron chi connectivity index (χ3n) is 4.62. The maximum absolute atomic E-state index is 14.0. The Morgan fingerprint density at radius 2 is 2.00 bits per heavy atom. The molecule has 2 N–H and O–H groups in total. The number of amides is 1. The van der Waals surface area contributed by atoms with Gasteiger partial charge in [-0.1, -0.05) is 18.2 Å². The molecule has 0 spiro atoms. The molecule has 5 nitrogen and oxygen atoms in total. The summed E-state index contributed by atoms with van der Waals surface area (Å²) in [5.74, 6) is -0.282. The van der Waals surface area contributed by atoms with Gasteiger partial charge in [-0.15, -0.1) is 0 Å². The van der Waals surface area contributed by atoms with E-state index in [1.807, 2.05) is 0 Å². The van der Waals surface area contributed by atoms with Crippen molar-refractivity contribution in [3.63, 3.8) is 0 Å². The van der Waals surface area contributed by atoms with Crippen molar-refractivity contribution in [1.82, 2.24) is 15.4 Å². The zero-order valence-corrected chi connectivity index (χ0v) is 13.5. The Morgan fingerprint density at radius 1 is 1.29 bits per heavy atom. The van der Waals surface area contributed by atoms with E-state index in [0.717, 1.165) is 11.1 Å².